The van der Waals surface area contributed by atoms with Crippen LogP contribution in [0.15, 0.2) is 36.5 Å². The number of benzene rings is 1. The molecule has 6 nitrogen and oxygen atoms in total. The summed E-state index contributed by atoms with van der Waals surface area (Å²) in [4.78, 5) is 12.1. The number of aliphatic hydroxyl groups is 1. The van der Waals surface area contributed by atoms with Crippen LogP contribution in [0.5, 0.6) is 5.75 Å². The van der Waals surface area contributed by atoms with Gasteiger partial charge in [0.2, 0.25) is 0 Å². The second-order valence-corrected chi connectivity index (χ2v) is 5.38. The Morgan fingerprint density at radius 3 is 2.70 bits per heavy atom. The van der Waals surface area contributed by atoms with Gasteiger partial charge in [0.25, 0.3) is 5.91 Å². The van der Waals surface area contributed by atoms with Crippen molar-refractivity contribution in [2.45, 2.75) is 26.0 Å². The summed E-state index contributed by atoms with van der Waals surface area (Å²) in [6, 6.07) is 7.19. The molecule has 7 heteroatoms. The van der Waals surface area contributed by atoms with Crippen LogP contribution in [-0.4, -0.2) is 40.0 Å². The first-order valence-electron chi connectivity index (χ1n) is 7.35. The third kappa shape index (κ3) is 4.79. The number of amides is 1. The minimum absolute atomic E-state index is 0.00461. The molecule has 0 aliphatic rings. The maximum absolute atomic E-state index is 12.8. The topological polar surface area (TPSA) is 76.4 Å². The molecule has 1 unspecified atom stereocenters. The van der Waals surface area contributed by atoms with Gasteiger partial charge in [0.15, 0.2) is 0 Å². The number of aromatic nitrogens is 2. The number of carbonyl (C=O) groups is 1. The highest BCUT2D eigenvalue weighted by molar-refractivity contribution is 5.92. The van der Waals surface area contributed by atoms with Gasteiger partial charge in [-0.1, -0.05) is 0 Å². The number of aliphatic hydroxyl groups excluding tert-OH is 1. The van der Waals surface area contributed by atoms with Gasteiger partial charge in [-0.05, 0) is 44.2 Å². The lowest BCUT2D eigenvalue weighted by molar-refractivity contribution is 0.0833. The number of nitrogens with zero attached hydrogens (tertiary/aromatic N) is 2. The van der Waals surface area contributed by atoms with E-state index in [1.807, 2.05) is 13.8 Å². The summed E-state index contributed by atoms with van der Waals surface area (Å²) in [6.07, 6.45) is 0.683. The second-order valence-electron chi connectivity index (χ2n) is 5.38. The largest absolute Gasteiger partial charge is 0.491 e. The molecule has 1 amide bonds. The lowest BCUT2D eigenvalue weighted by atomic mass is 10.3. The van der Waals surface area contributed by atoms with Gasteiger partial charge in [-0.2, -0.15) is 5.10 Å². The summed E-state index contributed by atoms with van der Waals surface area (Å²) in [7, 11) is 0. The minimum atomic E-state index is -0.876. The predicted octanol–water partition coefficient (Wildman–Crippen LogP) is 1.77. The molecule has 2 aromatic rings. The third-order valence-corrected chi connectivity index (χ3v) is 3.15. The summed E-state index contributed by atoms with van der Waals surface area (Å²) in [5.41, 5.74) is 0.437. The van der Waals surface area contributed by atoms with Crippen LogP contribution in [0.25, 0.3) is 0 Å². The van der Waals surface area contributed by atoms with E-state index < -0.39 is 6.10 Å². The molecule has 1 aromatic heterocycles. The summed E-state index contributed by atoms with van der Waals surface area (Å²) in [5.74, 6) is -0.210. The third-order valence-electron chi connectivity index (χ3n) is 3.15. The fourth-order valence-electron chi connectivity index (χ4n) is 1.99. The Labute approximate surface area is 133 Å². The number of hydrogen-bond acceptors (Lipinski definition) is 4. The highest BCUT2D eigenvalue weighted by atomic mass is 19.1. The van der Waals surface area contributed by atoms with E-state index in [2.05, 4.69) is 10.4 Å². The van der Waals surface area contributed by atoms with Crippen molar-refractivity contribution in [1.82, 2.24) is 15.1 Å². The number of carbonyl (C=O) groups excluding carboxylic acids is 1. The Hall–Kier alpha value is -2.41. The predicted molar refractivity (Wildman–Crippen MR) is 82.8 cm³/mol. The molecule has 1 atom stereocenters. The van der Waals surface area contributed by atoms with E-state index in [-0.39, 0.29) is 30.9 Å². The van der Waals surface area contributed by atoms with Crippen LogP contribution in [0.2, 0.25) is 0 Å². The molecular weight excluding hydrogens is 301 g/mol. The van der Waals surface area contributed by atoms with Gasteiger partial charge in [-0.25, -0.2) is 4.39 Å². The van der Waals surface area contributed by atoms with Crippen LogP contribution in [-0.2, 0) is 0 Å². The fraction of sp³-hybridized carbons (Fsp3) is 0.375. The molecule has 0 fully saturated rings. The van der Waals surface area contributed by atoms with Crippen molar-refractivity contribution >= 4 is 5.91 Å². The highest BCUT2D eigenvalue weighted by Crippen LogP contribution is 2.11. The molecule has 0 saturated heterocycles. The summed E-state index contributed by atoms with van der Waals surface area (Å²) in [5, 5.41) is 16.6. The average Bonchev–Trinajstić information content (AvgIpc) is 3.02. The molecule has 1 aromatic carbocycles. The number of nitrogens with one attached hydrogen (secondary N) is 1. The molecule has 2 rings (SSSR count). The highest BCUT2D eigenvalue weighted by Gasteiger charge is 2.15. The molecule has 1 heterocycles. The minimum Gasteiger partial charge on any atom is -0.491 e. The van der Waals surface area contributed by atoms with Crippen molar-refractivity contribution in [2.75, 3.05) is 13.2 Å². The van der Waals surface area contributed by atoms with Gasteiger partial charge < -0.3 is 15.2 Å². The second kappa shape index (κ2) is 7.73. The zero-order valence-electron chi connectivity index (χ0n) is 13.1. The fourth-order valence-corrected chi connectivity index (χ4v) is 1.99. The SMILES string of the molecule is CC(C)n1nccc1C(=O)NCC(O)COc1ccc(F)cc1. The van der Waals surface area contributed by atoms with Crippen LogP contribution in [0.3, 0.4) is 0 Å². The molecule has 0 aliphatic carbocycles. The molecule has 0 aliphatic heterocycles. The summed E-state index contributed by atoms with van der Waals surface area (Å²) < 4.78 is 19.7. The van der Waals surface area contributed by atoms with E-state index in [9.17, 15) is 14.3 Å². The van der Waals surface area contributed by atoms with Crippen molar-refractivity contribution in [3.8, 4) is 5.75 Å². The monoisotopic (exact) mass is 321 g/mol. The van der Waals surface area contributed by atoms with Gasteiger partial charge >= 0.3 is 0 Å². The first kappa shape index (κ1) is 17.0. The Bertz CT molecular complexity index is 640. The van der Waals surface area contributed by atoms with E-state index in [4.69, 9.17) is 4.74 Å². The summed E-state index contributed by atoms with van der Waals surface area (Å²) in [6.45, 7) is 3.89. The van der Waals surface area contributed by atoms with Gasteiger partial charge in [0.1, 0.15) is 30.0 Å². The van der Waals surface area contributed by atoms with Crippen molar-refractivity contribution in [1.29, 1.82) is 0 Å². The van der Waals surface area contributed by atoms with Gasteiger partial charge in [0, 0.05) is 18.8 Å². The van der Waals surface area contributed by atoms with E-state index >= 15 is 0 Å². The standard InChI is InChI=1S/C16H20FN3O3/c1-11(2)20-15(7-8-19-20)16(22)18-9-13(21)10-23-14-5-3-12(17)4-6-14/h3-8,11,13,21H,9-10H2,1-2H3,(H,18,22). The summed E-state index contributed by atoms with van der Waals surface area (Å²) >= 11 is 0. The Morgan fingerprint density at radius 1 is 1.35 bits per heavy atom. The van der Waals surface area contributed by atoms with Crippen LogP contribution in [0, 0.1) is 5.82 Å². The molecule has 2 N–H and O–H groups in total. The zero-order chi connectivity index (χ0) is 16.8. The quantitative estimate of drug-likeness (QED) is 0.815. The zero-order valence-corrected chi connectivity index (χ0v) is 13.1. The maximum atomic E-state index is 12.8. The Balaban J connectivity index is 1.79. The Kier molecular flexibility index (Phi) is 5.70. The molecule has 23 heavy (non-hydrogen) atoms. The number of halogens is 1. The van der Waals surface area contributed by atoms with Gasteiger partial charge in [0.05, 0.1) is 0 Å². The van der Waals surface area contributed by atoms with Crippen molar-refractivity contribution in [3.63, 3.8) is 0 Å². The molecule has 124 valence electrons. The van der Waals surface area contributed by atoms with Crippen LogP contribution >= 0.6 is 0 Å². The van der Waals surface area contributed by atoms with Crippen LogP contribution in [0.1, 0.15) is 30.4 Å². The first-order valence-corrected chi connectivity index (χ1v) is 7.35. The number of rotatable bonds is 7. The molecule has 0 spiro atoms. The number of ether oxygens (including phenoxy) is 1. The smallest absolute Gasteiger partial charge is 0.269 e. The lowest BCUT2D eigenvalue weighted by Gasteiger charge is -2.14. The molecule has 0 saturated carbocycles. The van der Waals surface area contributed by atoms with Gasteiger partial charge in [-0.15, -0.1) is 0 Å². The maximum Gasteiger partial charge on any atom is 0.269 e. The normalized spacial score (nSPS) is 12.2. The van der Waals surface area contributed by atoms with Crippen LogP contribution < -0.4 is 10.1 Å². The van der Waals surface area contributed by atoms with Crippen LogP contribution in [0.4, 0.5) is 4.39 Å². The van der Waals surface area contributed by atoms with E-state index in [1.54, 1.807) is 16.9 Å². The molecular formula is C16H20FN3O3. The first-order chi connectivity index (χ1) is 11.0. The lowest BCUT2D eigenvalue weighted by Crippen LogP contribution is -2.36. The average molecular weight is 321 g/mol. The van der Waals surface area contributed by atoms with E-state index in [1.165, 1.54) is 24.3 Å². The van der Waals surface area contributed by atoms with E-state index in [0.717, 1.165) is 0 Å². The van der Waals surface area contributed by atoms with Crippen molar-refractivity contribution in [2.24, 2.45) is 0 Å². The van der Waals surface area contributed by atoms with Crippen molar-refractivity contribution < 1.29 is 19.0 Å². The molecule has 0 radical (unpaired) electrons. The molecule has 0 bridgehead atoms. The number of hydrogen-bond donors (Lipinski definition) is 2. The van der Waals surface area contributed by atoms with Gasteiger partial charge in [-0.3, -0.25) is 9.48 Å². The van der Waals surface area contributed by atoms with Crippen molar-refractivity contribution in [3.05, 3.63) is 48.0 Å². The van der Waals surface area contributed by atoms with E-state index in [0.29, 0.717) is 11.4 Å². The Morgan fingerprint density at radius 2 is 2.04 bits per heavy atom.